The van der Waals surface area contributed by atoms with Gasteiger partial charge < -0.3 is 14.8 Å². The molecule has 7 nitrogen and oxygen atoms in total. The Hall–Kier alpha value is -3.02. The number of ether oxygens (including phenoxy) is 2. The van der Waals surface area contributed by atoms with Crippen molar-refractivity contribution in [3.05, 3.63) is 46.5 Å². The summed E-state index contributed by atoms with van der Waals surface area (Å²) in [6, 6.07) is 6.04. The Balaban J connectivity index is 1.80. The zero-order valence-electron chi connectivity index (χ0n) is 21.5. The van der Waals surface area contributed by atoms with Crippen LogP contribution in [0.2, 0.25) is 0 Å². The van der Waals surface area contributed by atoms with Crippen LogP contribution in [0.1, 0.15) is 56.4 Å². The number of carbonyl (C=O) groups excluding carboxylic acids is 1. The fourth-order valence-electron chi connectivity index (χ4n) is 4.10. The number of nitrogens with one attached hydrogen (secondary N) is 2. The largest absolute Gasteiger partial charge is 0.486 e. The summed E-state index contributed by atoms with van der Waals surface area (Å²) in [5, 5.41) is 2.62. The average molecular weight is 499 g/mol. The maximum Gasteiger partial charge on any atom is 0.240 e. The molecule has 0 saturated carbocycles. The van der Waals surface area contributed by atoms with Crippen molar-refractivity contribution in [2.75, 3.05) is 11.9 Å². The van der Waals surface area contributed by atoms with Crippen LogP contribution in [0.3, 0.4) is 0 Å². The predicted molar refractivity (Wildman–Crippen MR) is 137 cm³/mol. The summed E-state index contributed by atoms with van der Waals surface area (Å²) in [7, 11) is -3.76. The van der Waals surface area contributed by atoms with Crippen molar-refractivity contribution in [2.45, 2.75) is 77.4 Å². The van der Waals surface area contributed by atoms with Gasteiger partial charge in [-0.3, -0.25) is 4.79 Å². The third-order valence-electron chi connectivity index (χ3n) is 6.39. The number of terminal acetylenes is 1. The molecule has 0 aliphatic carbocycles. The van der Waals surface area contributed by atoms with Crippen LogP contribution in [-0.4, -0.2) is 32.1 Å². The van der Waals surface area contributed by atoms with Crippen molar-refractivity contribution in [3.63, 3.8) is 0 Å². The Kier molecular flexibility index (Phi) is 7.26. The van der Waals surface area contributed by atoms with Gasteiger partial charge in [0.15, 0.2) is 5.60 Å². The SMILES string of the molecule is C#CC(C)(C)Oc1c(C)c(C)c2c(c1C)CCC(C)(CNS(=O)(=O)c1ccc(NC(C)=O)cc1)O2. The van der Waals surface area contributed by atoms with Gasteiger partial charge in [-0.2, -0.15) is 0 Å². The average Bonchev–Trinajstić information content (AvgIpc) is 2.79. The predicted octanol–water partition coefficient (Wildman–Crippen LogP) is 4.42. The van der Waals surface area contributed by atoms with Gasteiger partial charge in [0.1, 0.15) is 17.1 Å². The number of anilines is 1. The fraction of sp³-hybridized carbons (Fsp3) is 0.444. The zero-order chi connectivity index (χ0) is 26.2. The lowest BCUT2D eigenvalue weighted by Gasteiger charge is -2.38. The van der Waals surface area contributed by atoms with Gasteiger partial charge >= 0.3 is 0 Å². The second kappa shape index (κ2) is 9.56. The van der Waals surface area contributed by atoms with E-state index in [2.05, 4.69) is 16.0 Å². The van der Waals surface area contributed by atoms with Gasteiger partial charge in [-0.25, -0.2) is 13.1 Å². The van der Waals surface area contributed by atoms with Gasteiger partial charge in [-0.15, -0.1) is 6.42 Å². The highest BCUT2D eigenvalue weighted by atomic mass is 32.2. The van der Waals surface area contributed by atoms with Crippen LogP contribution in [0.15, 0.2) is 29.2 Å². The Morgan fingerprint density at radius 3 is 2.37 bits per heavy atom. The van der Waals surface area contributed by atoms with E-state index in [1.54, 1.807) is 12.1 Å². The lowest BCUT2D eigenvalue weighted by Crippen LogP contribution is -2.47. The van der Waals surface area contributed by atoms with Gasteiger partial charge in [0.05, 0.1) is 11.4 Å². The van der Waals surface area contributed by atoms with Crippen LogP contribution in [0.4, 0.5) is 5.69 Å². The minimum Gasteiger partial charge on any atom is -0.486 e. The third kappa shape index (κ3) is 5.80. The molecular weight excluding hydrogens is 464 g/mol. The number of hydrogen-bond acceptors (Lipinski definition) is 5. The standard InChI is InChI=1S/C27H34N2O5S/c1-9-26(6,7)33-24-17(2)18(3)25-23(19(24)4)14-15-27(8,34-25)16-28-35(31,32)22-12-10-21(11-13-22)29-20(5)30/h1,10-13,28H,14-16H2,2-8H3,(H,29,30). The van der Waals surface area contributed by atoms with E-state index in [9.17, 15) is 13.2 Å². The van der Waals surface area contributed by atoms with Crippen LogP contribution >= 0.6 is 0 Å². The number of rotatable bonds is 7. The van der Waals surface area contributed by atoms with Crippen LogP contribution < -0.4 is 19.5 Å². The molecule has 2 aromatic carbocycles. The first-order chi connectivity index (χ1) is 16.2. The molecule has 1 aliphatic heterocycles. The van der Waals surface area contributed by atoms with E-state index < -0.39 is 21.2 Å². The molecule has 2 N–H and O–H groups in total. The van der Waals surface area contributed by atoms with Crippen molar-refractivity contribution in [1.29, 1.82) is 0 Å². The molecular formula is C27H34N2O5S. The topological polar surface area (TPSA) is 93.7 Å². The Morgan fingerprint density at radius 2 is 1.80 bits per heavy atom. The van der Waals surface area contributed by atoms with Gasteiger partial charge in [-0.1, -0.05) is 5.92 Å². The summed E-state index contributed by atoms with van der Waals surface area (Å²) in [6.07, 6.45) is 6.98. The van der Waals surface area contributed by atoms with E-state index in [0.29, 0.717) is 12.1 Å². The Bertz CT molecular complexity index is 1290. The van der Waals surface area contributed by atoms with E-state index in [1.807, 2.05) is 41.5 Å². The molecule has 3 rings (SSSR count). The monoisotopic (exact) mass is 498 g/mol. The second-order valence-electron chi connectivity index (χ2n) is 9.85. The molecule has 188 valence electrons. The summed E-state index contributed by atoms with van der Waals surface area (Å²) in [5.41, 5.74) is 3.03. The lowest BCUT2D eigenvalue weighted by atomic mass is 9.87. The van der Waals surface area contributed by atoms with Crippen molar-refractivity contribution < 1.29 is 22.7 Å². The first kappa shape index (κ1) is 26.6. The quantitative estimate of drug-likeness (QED) is 0.551. The number of fused-ring (bicyclic) bond motifs is 1. The highest BCUT2D eigenvalue weighted by Crippen LogP contribution is 2.44. The maximum atomic E-state index is 12.9. The van der Waals surface area contributed by atoms with E-state index in [1.165, 1.54) is 19.1 Å². The van der Waals surface area contributed by atoms with E-state index in [-0.39, 0.29) is 17.3 Å². The smallest absolute Gasteiger partial charge is 0.240 e. The maximum absolute atomic E-state index is 12.9. The minimum atomic E-state index is -3.76. The van der Waals surface area contributed by atoms with Crippen molar-refractivity contribution in [2.24, 2.45) is 0 Å². The first-order valence-corrected chi connectivity index (χ1v) is 13.0. The molecule has 1 amide bonds. The molecule has 1 atom stereocenters. The molecule has 0 spiro atoms. The van der Waals surface area contributed by atoms with Crippen molar-refractivity contribution >= 4 is 21.6 Å². The van der Waals surface area contributed by atoms with Gasteiger partial charge in [-0.05, 0) is 95.3 Å². The van der Waals surface area contributed by atoms with Gasteiger partial charge in [0, 0.05) is 18.2 Å². The summed E-state index contributed by atoms with van der Waals surface area (Å²) in [4.78, 5) is 11.3. The molecule has 2 aromatic rings. The fourth-order valence-corrected chi connectivity index (χ4v) is 5.25. The lowest BCUT2D eigenvalue weighted by molar-refractivity contribution is -0.114. The molecule has 0 saturated heterocycles. The van der Waals surface area contributed by atoms with Crippen molar-refractivity contribution in [3.8, 4) is 23.8 Å². The van der Waals surface area contributed by atoms with E-state index in [0.717, 1.165) is 40.2 Å². The number of sulfonamides is 1. The second-order valence-corrected chi connectivity index (χ2v) is 11.6. The number of hydrogen-bond donors (Lipinski definition) is 2. The highest BCUT2D eigenvalue weighted by Gasteiger charge is 2.36. The molecule has 0 radical (unpaired) electrons. The molecule has 0 fully saturated rings. The van der Waals surface area contributed by atoms with E-state index in [4.69, 9.17) is 15.9 Å². The summed E-state index contributed by atoms with van der Waals surface area (Å²) >= 11 is 0. The van der Waals surface area contributed by atoms with Crippen LogP contribution in [0, 0.1) is 33.1 Å². The minimum absolute atomic E-state index is 0.113. The normalized spacial score (nSPS) is 17.7. The summed E-state index contributed by atoms with van der Waals surface area (Å²) < 4.78 is 41.1. The zero-order valence-corrected chi connectivity index (χ0v) is 22.3. The summed E-state index contributed by atoms with van der Waals surface area (Å²) in [6.45, 7) is 13.1. The third-order valence-corrected chi connectivity index (χ3v) is 7.81. The van der Waals surface area contributed by atoms with E-state index >= 15 is 0 Å². The molecule has 8 heteroatoms. The molecule has 1 aliphatic rings. The highest BCUT2D eigenvalue weighted by molar-refractivity contribution is 7.89. The molecule has 35 heavy (non-hydrogen) atoms. The molecule has 0 aromatic heterocycles. The van der Waals surface area contributed by atoms with Crippen LogP contribution in [-0.2, 0) is 21.2 Å². The number of carbonyl (C=O) groups is 1. The Morgan fingerprint density at radius 1 is 1.17 bits per heavy atom. The van der Waals surface area contributed by atoms with Crippen LogP contribution in [0.25, 0.3) is 0 Å². The first-order valence-electron chi connectivity index (χ1n) is 11.5. The molecule has 1 heterocycles. The molecule has 1 unspecified atom stereocenters. The van der Waals surface area contributed by atoms with Crippen molar-refractivity contribution in [1.82, 2.24) is 4.72 Å². The Labute approximate surface area is 208 Å². The van der Waals surface area contributed by atoms with Gasteiger partial charge in [0.25, 0.3) is 0 Å². The molecule has 0 bridgehead atoms. The number of benzene rings is 2. The van der Waals surface area contributed by atoms with Crippen LogP contribution in [0.5, 0.6) is 11.5 Å². The number of amides is 1. The van der Waals surface area contributed by atoms with Gasteiger partial charge in [0.2, 0.25) is 15.9 Å². The summed E-state index contributed by atoms with van der Waals surface area (Å²) in [5.74, 6) is 4.01.